The Bertz CT molecular complexity index is 810. The summed E-state index contributed by atoms with van der Waals surface area (Å²) in [7, 11) is 1.29. The molecule has 1 N–H and O–H groups in total. The van der Waals surface area contributed by atoms with Crippen molar-refractivity contribution in [2.45, 2.75) is 77.6 Å². The Morgan fingerprint density at radius 2 is 2.00 bits per heavy atom. The summed E-state index contributed by atoms with van der Waals surface area (Å²) in [5.74, 6) is -1.30. The Hall–Kier alpha value is -1.99. The summed E-state index contributed by atoms with van der Waals surface area (Å²) in [5.41, 5.74) is 0.381. The molecule has 30 heavy (non-hydrogen) atoms. The highest BCUT2D eigenvalue weighted by Crippen LogP contribution is 2.62. The number of fused-ring (bicyclic) bond motifs is 3. The first-order valence-corrected chi connectivity index (χ1v) is 10.5. The maximum absolute atomic E-state index is 13.1. The van der Waals surface area contributed by atoms with Crippen LogP contribution in [0.1, 0.15) is 59.8 Å². The van der Waals surface area contributed by atoms with Crippen molar-refractivity contribution in [3.8, 4) is 0 Å². The van der Waals surface area contributed by atoms with Crippen molar-refractivity contribution in [1.29, 1.82) is 0 Å². The van der Waals surface area contributed by atoms with Gasteiger partial charge in [0.2, 0.25) is 0 Å². The molecule has 1 aliphatic heterocycles. The molecule has 3 rings (SSSR count). The highest BCUT2D eigenvalue weighted by Gasteiger charge is 2.68. The molecule has 0 spiro atoms. The predicted octanol–water partition coefficient (Wildman–Crippen LogP) is 2.65. The molecular weight excluding hydrogens is 388 g/mol. The van der Waals surface area contributed by atoms with Gasteiger partial charge in [0.05, 0.1) is 25.4 Å². The minimum atomic E-state index is -0.554. The Balaban J connectivity index is 2.12. The van der Waals surface area contributed by atoms with E-state index in [0.29, 0.717) is 30.4 Å². The number of ketones is 1. The first-order chi connectivity index (χ1) is 14.1. The number of ether oxygens (including phenoxy) is 3. The van der Waals surface area contributed by atoms with Crippen LogP contribution in [0.5, 0.6) is 0 Å². The van der Waals surface area contributed by atoms with E-state index in [2.05, 4.69) is 6.92 Å². The number of epoxide rings is 1. The third kappa shape index (κ3) is 3.97. The van der Waals surface area contributed by atoms with Crippen molar-refractivity contribution >= 4 is 17.7 Å². The van der Waals surface area contributed by atoms with Crippen molar-refractivity contribution in [3.05, 3.63) is 22.8 Å². The lowest BCUT2D eigenvalue weighted by molar-refractivity contribution is -0.161. The molecule has 5 atom stereocenters. The second kappa shape index (κ2) is 8.27. The van der Waals surface area contributed by atoms with Crippen molar-refractivity contribution in [1.82, 2.24) is 0 Å². The molecule has 1 heterocycles. The number of esters is 2. The summed E-state index contributed by atoms with van der Waals surface area (Å²) >= 11 is 0. The minimum Gasteiger partial charge on any atom is -0.466 e. The quantitative estimate of drug-likeness (QED) is 0.425. The predicted molar refractivity (Wildman–Crippen MR) is 108 cm³/mol. The fraction of sp³-hybridized carbons (Fsp3) is 0.696. The molecule has 0 aromatic carbocycles. The van der Waals surface area contributed by atoms with Crippen LogP contribution in [-0.4, -0.2) is 54.4 Å². The number of aliphatic hydroxyl groups is 1. The van der Waals surface area contributed by atoms with Gasteiger partial charge in [-0.05, 0) is 51.2 Å². The zero-order valence-corrected chi connectivity index (χ0v) is 18.4. The first kappa shape index (κ1) is 22.7. The van der Waals surface area contributed by atoms with Gasteiger partial charge in [0.25, 0.3) is 0 Å². The maximum atomic E-state index is 13.1. The fourth-order valence-corrected chi connectivity index (χ4v) is 5.44. The van der Waals surface area contributed by atoms with Crippen LogP contribution in [0.4, 0.5) is 0 Å². The van der Waals surface area contributed by atoms with Crippen LogP contribution in [0, 0.1) is 11.3 Å². The molecule has 0 radical (unpaired) electrons. The molecule has 0 unspecified atom stereocenters. The van der Waals surface area contributed by atoms with Crippen molar-refractivity contribution < 1.29 is 33.7 Å². The number of hydrogen-bond acceptors (Lipinski definition) is 7. The van der Waals surface area contributed by atoms with E-state index < -0.39 is 17.0 Å². The first-order valence-electron chi connectivity index (χ1n) is 10.5. The highest BCUT2D eigenvalue weighted by atomic mass is 16.6. The van der Waals surface area contributed by atoms with E-state index in [4.69, 9.17) is 14.2 Å². The monoisotopic (exact) mass is 420 g/mol. The zero-order valence-electron chi connectivity index (χ0n) is 18.4. The molecule has 1 saturated carbocycles. The SMILES string of the molecule is COC(=O)/C(C)=C1\C[C@@H]2[C@@](C)(CCC/C(CO)=C\C1=O)[C@@H](OC(C)=O)C[C@@H]1O[C@@]12C. The van der Waals surface area contributed by atoms with Crippen LogP contribution < -0.4 is 0 Å². The molecule has 7 nitrogen and oxygen atoms in total. The van der Waals surface area contributed by atoms with Gasteiger partial charge in [-0.1, -0.05) is 6.92 Å². The van der Waals surface area contributed by atoms with E-state index in [9.17, 15) is 19.5 Å². The normalized spacial score (nSPS) is 39.6. The van der Waals surface area contributed by atoms with Gasteiger partial charge in [0, 0.05) is 35.8 Å². The second-order valence-electron chi connectivity index (χ2n) is 9.16. The largest absolute Gasteiger partial charge is 0.466 e. The van der Waals surface area contributed by atoms with Gasteiger partial charge in [-0.15, -0.1) is 0 Å². The van der Waals surface area contributed by atoms with Crippen LogP contribution in [0.2, 0.25) is 0 Å². The van der Waals surface area contributed by atoms with Gasteiger partial charge in [-0.25, -0.2) is 4.79 Å². The Kier molecular flexibility index (Phi) is 6.25. The third-order valence-corrected chi connectivity index (χ3v) is 7.34. The summed E-state index contributed by atoms with van der Waals surface area (Å²) in [6.45, 7) is 6.92. The number of carbonyl (C=O) groups excluding carboxylic acids is 3. The average Bonchev–Trinajstić information content (AvgIpc) is 3.35. The molecule has 166 valence electrons. The van der Waals surface area contributed by atoms with E-state index in [1.165, 1.54) is 20.1 Å². The lowest BCUT2D eigenvalue weighted by atomic mass is 9.57. The summed E-state index contributed by atoms with van der Waals surface area (Å²) in [6.07, 6.45) is 4.06. The van der Waals surface area contributed by atoms with Crippen LogP contribution in [0.3, 0.4) is 0 Å². The van der Waals surface area contributed by atoms with E-state index in [1.807, 2.05) is 6.92 Å². The summed E-state index contributed by atoms with van der Waals surface area (Å²) < 4.78 is 16.7. The number of allylic oxidation sites excluding steroid dienone is 2. The van der Waals surface area contributed by atoms with E-state index in [0.717, 1.165) is 12.8 Å². The fourth-order valence-electron chi connectivity index (χ4n) is 5.44. The molecule has 0 aromatic rings. The van der Waals surface area contributed by atoms with Crippen molar-refractivity contribution in [3.63, 3.8) is 0 Å². The number of rotatable bonds is 3. The van der Waals surface area contributed by atoms with Gasteiger partial charge < -0.3 is 19.3 Å². The molecule has 2 fully saturated rings. The number of hydrogen-bond donors (Lipinski definition) is 1. The van der Waals surface area contributed by atoms with Gasteiger partial charge >= 0.3 is 11.9 Å². The summed E-state index contributed by atoms with van der Waals surface area (Å²) in [4.78, 5) is 37.3. The summed E-state index contributed by atoms with van der Waals surface area (Å²) in [5, 5.41) is 9.71. The maximum Gasteiger partial charge on any atom is 0.333 e. The molecule has 0 aromatic heterocycles. The molecule has 7 heteroatoms. The molecular formula is C23H32O7. The lowest BCUT2D eigenvalue weighted by Gasteiger charge is -2.48. The number of aliphatic hydroxyl groups excluding tert-OH is 1. The topological polar surface area (TPSA) is 102 Å². The van der Waals surface area contributed by atoms with Crippen molar-refractivity contribution in [2.24, 2.45) is 11.3 Å². The standard InChI is InChI=1S/C23H32O7/c1-13(21(27)28-5)16-10-18-22(3,8-6-7-15(12-24)9-17(16)26)19(29-14(2)25)11-20-23(18,4)30-20/h9,18-20,24H,6-8,10-12H2,1-5H3/b15-9+,16-13+/t18-,19+,20+,22-,23-/m1/s1. The van der Waals surface area contributed by atoms with Crippen LogP contribution in [0.25, 0.3) is 0 Å². The zero-order chi connectivity index (χ0) is 22.3. The molecule has 0 bridgehead atoms. The van der Waals surface area contributed by atoms with Crippen LogP contribution >= 0.6 is 0 Å². The average molecular weight is 421 g/mol. The Morgan fingerprint density at radius 1 is 1.30 bits per heavy atom. The van der Waals surface area contributed by atoms with E-state index >= 15 is 0 Å². The smallest absolute Gasteiger partial charge is 0.333 e. The molecule has 3 aliphatic rings. The van der Waals surface area contributed by atoms with Crippen LogP contribution in [-0.2, 0) is 28.6 Å². The van der Waals surface area contributed by atoms with Crippen molar-refractivity contribution in [2.75, 3.05) is 13.7 Å². The Labute approximate surface area is 177 Å². The molecule has 0 amide bonds. The van der Waals surface area contributed by atoms with Gasteiger partial charge in [-0.2, -0.15) is 0 Å². The number of methoxy groups -OCH3 is 1. The molecule has 1 saturated heterocycles. The number of carbonyl (C=O) groups is 3. The highest BCUT2D eigenvalue weighted by molar-refractivity contribution is 6.09. The third-order valence-electron chi connectivity index (χ3n) is 7.34. The van der Waals surface area contributed by atoms with E-state index in [1.54, 1.807) is 6.92 Å². The summed E-state index contributed by atoms with van der Waals surface area (Å²) in [6, 6.07) is 0. The second-order valence-corrected chi connectivity index (χ2v) is 9.16. The van der Waals surface area contributed by atoms with Gasteiger partial charge in [-0.3, -0.25) is 9.59 Å². The lowest BCUT2D eigenvalue weighted by Crippen LogP contribution is -2.52. The van der Waals surface area contributed by atoms with Crippen LogP contribution in [0.15, 0.2) is 22.8 Å². The van der Waals surface area contributed by atoms with Gasteiger partial charge in [0.1, 0.15) is 6.10 Å². The minimum absolute atomic E-state index is 0.0406. The Morgan fingerprint density at radius 3 is 2.60 bits per heavy atom. The van der Waals surface area contributed by atoms with Gasteiger partial charge in [0.15, 0.2) is 5.78 Å². The molecule has 2 aliphatic carbocycles. The van der Waals surface area contributed by atoms with E-state index in [-0.39, 0.29) is 42.1 Å².